The molecule has 0 aromatic heterocycles. The van der Waals surface area contributed by atoms with Gasteiger partial charge in [0.15, 0.2) is 0 Å². The van der Waals surface area contributed by atoms with E-state index in [2.05, 4.69) is 0 Å². The van der Waals surface area contributed by atoms with Crippen LogP contribution in [-0.4, -0.2) is 11.3 Å². The zero-order valence-electron chi connectivity index (χ0n) is 11.1. The molecule has 3 rings (SSSR count). The van der Waals surface area contributed by atoms with Gasteiger partial charge < -0.3 is 4.74 Å². The summed E-state index contributed by atoms with van der Waals surface area (Å²) in [6.07, 6.45) is 0. The van der Waals surface area contributed by atoms with Crippen molar-refractivity contribution in [2.45, 2.75) is 9.79 Å². The summed E-state index contributed by atoms with van der Waals surface area (Å²) in [6, 6.07) is 21.1. The Morgan fingerprint density at radius 3 is 2.15 bits per heavy atom. The average molecular weight is 282 g/mol. The molecule has 0 aliphatic rings. The number of hydrogen-bond donors (Lipinski definition) is 0. The van der Waals surface area contributed by atoms with Crippen LogP contribution in [-0.2, 0) is 10.8 Å². The zero-order valence-corrected chi connectivity index (χ0v) is 11.9. The molecule has 0 aliphatic heterocycles. The van der Waals surface area contributed by atoms with Crippen LogP contribution in [0, 0.1) is 0 Å². The second kappa shape index (κ2) is 5.47. The lowest BCUT2D eigenvalue weighted by Crippen LogP contribution is -1.95. The van der Waals surface area contributed by atoms with Gasteiger partial charge in [-0.2, -0.15) is 0 Å². The first-order valence-electron chi connectivity index (χ1n) is 6.34. The molecule has 100 valence electrons. The largest absolute Gasteiger partial charge is 0.496 e. The van der Waals surface area contributed by atoms with Gasteiger partial charge in [0.25, 0.3) is 0 Å². The quantitative estimate of drug-likeness (QED) is 0.725. The lowest BCUT2D eigenvalue weighted by molar-refractivity contribution is 0.419. The van der Waals surface area contributed by atoms with Gasteiger partial charge in [0, 0.05) is 15.7 Å². The van der Waals surface area contributed by atoms with E-state index in [0.717, 1.165) is 26.3 Å². The first-order chi connectivity index (χ1) is 9.81. The van der Waals surface area contributed by atoms with E-state index in [1.54, 1.807) is 7.11 Å². The van der Waals surface area contributed by atoms with Gasteiger partial charge in [-0.05, 0) is 24.3 Å². The first-order valence-corrected chi connectivity index (χ1v) is 7.49. The highest BCUT2D eigenvalue weighted by atomic mass is 32.2. The van der Waals surface area contributed by atoms with Crippen LogP contribution in [0.2, 0.25) is 0 Å². The van der Waals surface area contributed by atoms with Gasteiger partial charge in [-0.1, -0.05) is 42.5 Å². The summed E-state index contributed by atoms with van der Waals surface area (Å²) < 4.78 is 18.1. The number of hydrogen-bond acceptors (Lipinski definition) is 2. The SMILES string of the molecule is COc1ccc(S(=O)c2ccccc2)c2ccccc12. The lowest BCUT2D eigenvalue weighted by atomic mass is 10.1. The first kappa shape index (κ1) is 12.9. The number of fused-ring (bicyclic) bond motifs is 1. The molecule has 2 nitrogen and oxygen atoms in total. The molecule has 20 heavy (non-hydrogen) atoms. The minimum Gasteiger partial charge on any atom is -0.496 e. The molecule has 0 aliphatic carbocycles. The Labute approximate surface area is 120 Å². The average Bonchev–Trinajstić information content (AvgIpc) is 2.54. The highest BCUT2D eigenvalue weighted by Gasteiger charge is 2.12. The Balaban J connectivity index is 2.20. The molecule has 0 fully saturated rings. The molecule has 0 saturated carbocycles. The topological polar surface area (TPSA) is 26.3 Å². The van der Waals surface area contributed by atoms with Crippen LogP contribution in [0.5, 0.6) is 5.75 Å². The number of ether oxygens (including phenoxy) is 1. The van der Waals surface area contributed by atoms with E-state index in [9.17, 15) is 4.21 Å². The summed E-state index contributed by atoms with van der Waals surface area (Å²) in [7, 11) is 0.461. The zero-order chi connectivity index (χ0) is 13.9. The van der Waals surface area contributed by atoms with Crippen LogP contribution >= 0.6 is 0 Å². The second-order valence-electron chi connectivity index (χ2n) is 4.39. The molecule has 3 aromatic carbocycles. The molecule has 0 N–H and O–H groups in total. The van der Waals surface area contributed by atoms with Crippen molar-refractivity contribution < 1.29 is 8.95 Å². The minimum absolute atomic E-state index is 0.800. The summed E-state index contributed by atoms with van der Waals surface area (Å²) in [5, 5.41) is 1.95. The molecule has 3 heteroatoms. The van der Waals surface area contributed by atoms with Crippen LogP contribution in [0.3, 0.4) is 0 Å². The highest BCUT2D eigenvalue weighted by molar-refractivity contribution is 7.85. The standard InChI is InChI=1S/C17H14O2S/c1-19-16-11-12-17(15-10-6-5-9-14(15)16)20(18)13-7-3-2-4-8-13/h2-12H,1H3. The third kappa shape index (κ3) is 2.21. The molecular weight excluding hydrogens is 268 g/mol. The molecule has 1 unspecified atom stereocenters. The third-order valence-corrected chi connectivity index (χ3v) is 4.68. The second-order valence-corrected chi connectivity index (χ2v) is 5.84. The molecule has 0 radical (unpaired) electrons. The van der Waals surface area contributed by atoms with E-state index >= 15 is 0 Å². The Morgan fingerprint density at radius 2 is 1.45 bits per heavy atom. The number of methoxy groups -OCH3 is 1. The van der Waals surface area contributed by atoms with Crippen LogP contribution < -0.4 is 4.74 Å². The van der Waals surface area contributed by atoms with E-state index in [1.807, 2.05) is 66.7 Å². The Hall–Kier alpha value is -2.13. The maximum absolute atomic E-state index is 12.7. The monoisotopic (exact) mass is 282 g/mol. The number of rotatable bonds is 3. The van der Waals surface area contributed by atoms with Gasteiger partial charge in [0.05, 0.1) is 22.8 Å². The molecule has 0 spiro atoms. The summed E-state index contributed by atoms with van der Waals surface area (Å²) >= 11 is 0. The molecule has 0 amide bonds. The van der Waals surface area contributed by atoms with Crippen molar-refractivity contribution in [2.75, 3.05) is 7.11 Å². The van der Waals surface area contributed by atoms with Crippen molar-refractivity contribution in [3.8, 4) is 5.75 Å². The van der Waals surface area contributed by atoms with Crippen LogP contribution in [0.25, 0.3) is 10.8 Å². The van der Waals surface area contributed by atoms with Crippen molar-refractivity contribution >= 4 is 21.6 Å². The fourth-order valence-corrected chi connectivity index (χ4v) is 3.48. The van der Waals surface area contributed by atoms with Crippen LogP contribution in [0.15, 0.2) is 76.5 Å². The van der Waals surface area contributed by atoms with Gasteiger partial charge in [-0.15, -0.1) is 0 Å². The maximum atomic E-state index is 12.7. The van der Waals surface area contributed by atoms with E-state index < -0.39 is 10.8 Å². The van der Waals surface area contributed by atoms with E-state index in [4.69, 9.17) is 4.74 Å². The summed E-state index contributed by atoms with van der Waals surface area (Å²) in [5.41, 5.74) is 0. The Morgan fingerprint density at radius 1 is 0.800 bits per heavy atom. The van der Waals surface area contributed by atoms with Gasteiger partial charge in [-0.3, -0.25) is 0 Å². The van der Waals surface area contributed by atoms with E-state index in [-0.39, 0.29) is 0 Å². The molecule has 3 aromatic rings. The van der Waals surface area contributed by atoms with Crippen LogP contribution in [0.1, 0.15) is 0 Å². The Bertz CT molecular complexity index is 766. The predicted octanol–water partition coefficient (Wildman–Crippen LogP) is 4.02. The fourth-order valence-electron chi connectivity index (χ4n) is 2.25. The summed E-state index contributed by atoms with van der Waals surface area (Å²) in [4.78, 5) is 1.62. The fraction of sp³-hybridized carbons (Fsp3) is 0.0588. The van der Waals surface area contributed by atoms with E-state index in [0.29, 0.717) is 0 Å². The van der Waals surface area contributed by atoms with Gasteiger partial charge >= 0.3 is 0 Å². The minimum atomic E-state index is -1.19. The van der Waals surface area contributed by atoms with Gasteiger partial charge in [0.2, 0.25) is 0 Å². The summed E-state index contributed by atoms with van der Waals surface area (Å²) in [5.74, 6) is 0.800. The molecule has 0 heterocycles. The molecule has 0 bridgehead atoms. The van der Waals surface area contributed by atoms with Crippen molar-refractivity contribution in [3.05, 3.63) is 66.7 Å². The van der Waals surface area contributed by atoms with Crippen molar-refractivity contribution in [1.82, 2.24) is 0 Å². The molecule has 0 saturated heterocycles. The Kier molecular flexibility index (Phi) is 3.52. The van der Waals surface area contributed by atoms with Gasteiger partial charge in [0.1, 0.15) is 5.75 Å². The van der Waals surface area contributed by atoms with Crippen LogP contribution in [0.4, 0.5) is 0 Å². The summed E-state index contributed by atoms with van der Waals surface area (Å²) in [6.45, 7) is 0. The lowest BCUT2D eigenvalue weighted by Gasteiger charge is -2.10. The van der Waals surface area contributed by atoms with Crippen molar-refractivity contribution in [1.29, 1.82) is 0 Å². The van der Waals surface area contributed by atoms with Gasteiger partial charge in [-0.25, -0.2) is 4.21 Å². The van der Waals surface area contributed by atoms with Crippen molar-refractivity contribution in [2.24, 2.45) is 0 Å². The molecular formula is C17H14O2S. The maximum Gasteiger partial charge on any atom is 0.126 e. The molecule has 1 atom stereocenters. The van der Waals surface area contributed by atoms with E-state index in [1.165, 1.54) is 0 Å². The normalized spacial score (nSPS) is 12.2. The van der Waals surface area contributed by atoms with Crippen molar-refractivity contribution in [3.63, 3.8) is 0 Å². The number of benzene rings is 3. The highest BCUT2D eigenvalue weighted by Crippen LogP contribution is 2.31. The smallest absolute Gasteiger partial charge is 0.126 e. The predicted molar refractivity (Wildman–Crippen MR) is 81.6 cm³/mol. The third-order valence-electron chi connectivity index (χ3n) is 3.22.